The molecular formula is C49H21F18N3. The summed E-state index contributed by atoms with van der Waals surface area (Å²) in [6, 6.07) is 16.9. The molecule has 70 heavy (non-hydrogen) atoms. The van der Waals surface area contributed by atoms with Crippen molar-refractivity contribution in [3.8, 4) is 39.7 Å². The van der Waals surface area contributed by atoms with E-state index < -0.39 is 109 Å². The molecule has 2 aromatic heterocycles. The minimum atomic E-state index is -5.46. The average Bonchev–Trinajstić information content (AvgIpc) is 3.78. The molecule has 358 valence electrons. The lowest BCUT2D eigenvalue weighted by Crippen LogP contribution is -2.14. The Hall–Kier alpha value is -7.63. The molecule has 0 fully saturated rings. The topological polar surface area (TPSA) is 33.6 Å². The van der Waals surface area contributed by atoms with Crippen molar-refractivity contribution in [2.75, 3.05) is 0 Å². The molecule has 0 bridgehead atoms. The number of halogens is 18. The molecule has 9 aromatic rings. The maximum Gasteiger partial charge on any atom is 0.417 e. The number of nitriles is 1. The highest BCUT2D eigenvalue weighted by Crippen LogP contribution is 2.49. The highest BCUT2D eigenvalue weighted by Gasteiger charge is 2.42. The van der Waals surface area contributed by atoms with Gasteiger partial charge in [-0.3, -0.25) is 0 Å². The van der Waals surface area contributed by atoms with E-state index in [0.717, 1.165) is 63.7 Å². The molecule has 9 rings (SSSR count). The van der Waals surface area contributed by atoms with Gasteiger partial charge in [-0.25, -0.2) is 0 Å². The van der Waals surface area contributed by atoms with Crippen LogP contribution in [-0.2, 0) is 37.1 Å². The monoisotopic (exact) mass is 993 g/mol. The Morgan fingerprint density at radius 1 is 0.343 bits per heavy atom. The smallest absolute Gasteiger partial charge is 0.309 e. The molecule has 7 aromatic carbocycles. The Kier molecular flexibility index (Phi) is 10.6. The molecule has 0 unspecified atom stereocenters. The fraction of sp³-hybridized carbons (Fsp3) is 0.122. The molecule has 0 amide bonds. The van der Waals surface area contributed by atoms with E-state index in [9.17, 15) is 84.3 Å². The number of aromatic nitrogens is 2. The number of hydrogen-bond acceptors (Lipinski definition) is 1. The number of rotatable bonds is 4. The third-order valence-corrected chi connectivity index (χ3v) is 11.7. The number of benzene rings is 7. The highest BCUT2D eigenvalue weighted by molar-refractivity contribution is 6.12. The predicted molar refractivity (Wildman–Crippen MR) is 221 cm³/mol. The summed E-state index contributed by atoms with van der Waals surface area (Å²) < 4.78 is 261. The summed E-state index contributed by atoms with van der Waals surface area (Å²) in [4.78, 5) is 0. The zero-order valence-electron chi connectivity index (χ0n) is 34.3. The normalized spacial score (nSPS) is 13.3. The van der Waals surface area contributed by atoms with Crippen molar-refractivity contribution in [1.82, 2.24) is 9.13 Å². The van der Waals surface area contributed by atoms with Gasteiger partial charge in [0.15, 0.2) is 0 Å². The van der Waals surface area contributed by atoms with Crippen LogP contribution in [0.2, 0.25) is 0 Å². The zero-order chi connectivity index (χ0) is 50.8. The van der Waals surface area contributed by atoms with E-state index in [1.54, 1.807) is 0 Å². The molecule has 0 aliphatic rings. The van der Waals surface area contributed by atoms with Crippen molar-refractivity contribution in [3.63, 3.8) is 0 Å². The Bertz CT molecular complexity index is 3470. The van der Waals surface area contributed by atoms with Crippen molar-refractivity contribution < 1.29 is 79.0 Å². The number of alkyl halides is 18. The molecule has 0 atom stereocenters. The van der Waals surface area contributed by atoms with Crippen LogP contribution in [-0.4, -0.2) is 9.13 Å². The van der Waals surface area contributed by atoms with Crippen molar-refractivity contribution in [2.24, 2.45) is 0 Å². The van der Waals surface area contributed by atoms with Gasteiger partial charge in [0.25, 0.3) is 0 Å². The van der Waals surface area contributed by atoms with E-state index in [-0.39, 0.29) is 44.4 Å². The van der Waals surface area contributed by atoms with Crippen LogP contribution in [0.3, 0.4) is 0 Å². The van der Waals surface area contributed by atoms with Gasteiger partial charge in [0.05, 0.1) is 78.5 Å². The molecule has 0 radical (unpaired) electrons. The molecule has 2 heterocycles. The first-order valence-electron chi connectivity index (χ1n) is 19.9. The Balaban J connectivity index is 1.46. The van der Waals surface area contributed by atoms with E-state index in [1.807, 2.05) is 6.07 Å². The average molecular weight is 994 g/mol. The first kappa shape index (κ1) is 47.4. The third-order valence-electron chi connectivity index (χ3n) is 11.7. The van der Waals surface area contributed by atoms with Crippen LogP contribution < -0.4 is 0 Å². The summed E-state index contributed by atoms with van der Waals surface area (Å²) in [5.41, 5.74) is -13.6. The summed E-state index contributed by atoms with van der Waals surface area (Å²) in [6.07, 6.45) is -31.1. The molecule has 21 heteroatoms. The van der Waals surface area contributed by atoms with Gasteiger partial charge in [-0.15, -0.1) is 0 Å². The van der Waals surface area contributed by atoms with Gasteiger partial charge in [-0.1, -0.05) is 24.3 Å². The summed E-state index contributed by atoms with van der Waals surface area (Å²) in [5.74, 6) is 0. The molecule has 0 spiro atoms. The molecule has 0 aliphatic carbocycles. The fourth-order valence-electron chi connectivity index (χ4n) is 8.72. The number of hydrogen-bond donors (Lipinski definition) is 0. The van der Waals surface area contributed by atoms with Crippen LogP contribution in [0, 0.1) is 11.3 Å². The Morgan fingerprint density at radius 3 is 0.986 bits per heavy atom. The second kappa shape index (κ2) is 15.7. The van der Waals surface area contributed by atoms with Crippen LogP contribution >= 0.6 is 0 Å². The molecule has 0 saturated heterocycles. The Labute approximate surface area is 379 Å². The van der Waals surface area contributed by atoms with Crippen LogP contribution in [0.1, 0.15) is 38.9 Å². The lowest BCUT2D eigenvalue weighted by atomic mass is 9.90. The van der Waals surface area contributed by atoms with E-state index in [2.05, 4.69) is 0 Å². The van der Waals surface area contributed by atoms with Gasteiger partial charge in [-0.2, -0.15) is 84.3 Å². The molecule has 3 nitrogen and oxygen atoms in total. The second-order valence-corrected chi connectivity index (χ2v) is 15.9. The molecule has 0 saturated carbocycles. The van der Waals surface area contributed by atoms with Crippen molar-refractivity contribution in [1.29, 1.82) is 5.26 Å². The number of fused-ring (bicyclic) bond motifs is 6. The van der Waals surface area contributed by atoms with E-state index in [1.165, 1.54) is 6.07 Å². The van der Waals surface area contributed by atoms with Crippen molar-refractivity contribution in [3.05, 3.63) is 166 Å². The van der Waals surface area contributed by atoms with Gasteiger partial charge in [0, 0.05) is 38.2 Å². The highest BCUT2D eigenvalue weighted by atomic mass is 19.4. The van der Waals surface area contributed by atoms with Crippen LogP contribution in [0.25, 0.3) is 77.2 Å². The van der Waals surface area contributed by atoms with Crippen LogP contribution in [0.4, 0.5) is 79.0 Å². The van der Waals surface area contributed by atoms with Crippen molar-refractivity contribution >= 4 is 43.6 Å². The summed E-state index contributed by atoms with van der Waals surface area (Å²) in [5, 5.41) is 8.27. The third kappa shape index (κ3) is 8.07. The maximum absolute atomic E-state index is 14.7. The van der Waals surface area contributed by atoms with Crippen LogP contribution in [0.15, 0.2) is 127 Å². The van der Waals surface area contributed by atoms with Gasteiger partial charge in [0.2, 0.25) is 0 Å². The number of nitrogens with zero attached hydrogens (tertiary/aromatic N) is 3. The first-order valence-corrected chi connectivity index (χ1v) is 19.9. The maximum atomic E-state index is 14.7. The van der Waals surface area contributed by atoms with Gasteiger partial charge < -0.3 is 9.13 Å². The molecule has 0 N–H and O–H groups in total. The first-order chi connectivity index (χ1) is 32.5. The van der Waals surface area contributed by atoms with E-state index >= 15 is 0 Å². The molecular weight excluding hydrogens is 973 g/mol. The van der Waals surface area contributed by atoms with Crippen molar-refractivity contribution in [2.45, 2.75) is 37.1 Å². The SMILES string of the molecule is N#Cc1ccc(-c2ccc(-c3c(C(F)(F)F)cccc3C(F)(F)F)cc2-n2c3ccc(C(F)(F)F)cc3c3cc(C(F)(F)F)ccc32)c(-n2c3ccc(C(F)(F)F)cc3c3cc(C(F)(F)F)ccc32)c1. The standard InChI is InChI=1S/C49H21F18N3/c50-44(51,52)25-6-12-37-31(18-25)32-19-26(45(53,54)55)7-13-38(32)69(37)41-16-23(22-68)4-10-29(41)30-11-5-24(43-35(48(62,63)64)2-1-3-36(43)49(65,66)67)17-42(30)70-39-14-8-27(46(56,57)58)20-33(39)34-21-28(47(59,60)61)9-15-40(34)70/h1-21H. The Morgan fingerprint density at radius 2 is 0.671 bits per heavy atom. The van der Waals surface area contributed by atoms with Crippen LogP contribution in [0.5, 0.6) is 0 Å². The minimum Gasteiger partial charge on any atom is -0.309 e. The quantitative estimate of drug-likeness (QED) is 0.162. The van der Waals surface area contributed by atoms with Gasteiger partial charge >= 0.3 is 37.1 Å². The fourth-order valence-corrected chi connectivity index (χ4v) is 8.72. The summed E-state index contributed by atoms with van der Waals surface area (Å²) in [6.45, 7) is 0. The van der Waals surface area contributed by atoms with Gasteiger partial charge in [0.1, 0.15) is 0 Å². The lowest BCUT2D eigenvalue weighted by molar-refractivity contribution is -0.142. The van der Waals surface area contributed by atoms with E-state index in [4.69, 9.17) is 0 Å². The second-order valence-electron chi connectivity index (χ2n) is 15.9. The summed E-state index contributed by atoms with van der Waals surface area (Å²) in [7, 11) is 0. The minimum absolute atomic E-state index is 0.187. The molecule has 0 aliphatic heterocycles. The predicted octanol–water partition coefficient (Wildman–Crippen LogP) is 17.2. The summed E-state index contributed by atoms with van der Waals surface area (Å²) >= 11 is 0. The van der Waals surface area contributed by atoms with Gasteiger partial charge in [-0.05, 0) is 109 Å². The largest absolute Gasteiger partial charge is 0.417 e. The zero-order valence-corrected chi connectivity index (χ0v) is 34.3. The lowest BCUT2D eigenvalue weighted by Gasteiger charge is -2.22. The van der Waals surface area contributed by atoms with E-state index in [0.29, 0.717) is 66.7 Å².